The molecule has 0 aromatic rings. The lowest BCUT2D eigenvalue weighted by Gasteiger charge is -1.96. The average molecular weight is 196 g/mol. The van der Waals surface area contributed by atoms with Crippen molar-refractivity contribution >= 4 is 5.97 Å². The van der Waals surface area contributed by atoms with Crippen LogP contribution >= 0.6 is 0 Å². The summed E-state index contributed by atoms with van der Waals surface area (Å²) in [6.07, 6.45) is 4.15. The minimum atomic E-state index is -0.603. The first-order chi connectivity index (χ1) is 6.74. The molecule has 74 valence electrons. The fourth-order valence-corrected chi connectivity index (χ4v) is 1.38. The Bertz CT molecular complexity index is 345. The standard InChI is InChI=1S/C9H10NO4/c1-13-9(11)8-7(14-8)6-4-2-3-5-10(6)12/h2-4,7-8H,5H2,1H3/q+1. The van der Waals surface area contributed by atoms with Gasteiger partial charge in [-0.15, -0.1) is 0 Å². The molecule has 0 aliphatic carbocycles. The van der Waals surface area contributed by atoms with E-state index in [0.29, 0.717) is 12.2 Å². The highest BCUT2D eigenvalue weighted by atomic mass is 16.6. The second-order valence-electron chi connectivity index (χ2n) is 3.08. The molecule has 5 heteroatoms. The van der Waals surface area contributed by atoms with Gasteiger partial charge in [-0.3, -0.25) is 0 Å². The van der Waals surface area contributed by atoms with E-state index >= 15 is 0 Å². The molecular formula is C9H10NO4+. The van der Waals surface area contributed by atoms with E-state index in [2.05, 4.69) is 4.74 Å². The van der Waals surface area contributed by atoms with Crippen molar-refractivity contribution in [2.75, 3.05) is 13.7 Å². The topological polar surface area (TPSA) is 58.9 Å². The molecule has 0 saturated carbocycles. The van der Waals surface area contributed by atoms with Gasteiger partial charge in [-0.1, -0.05) is 6.08 Å². The largest absolute Gasteiger partial charge is 0.467 e. The molecule has 1 saturated heterocycles. The molecule has 2 unspecified atom stereocenters. The van der Waals surface area contributed by atoms with Crippen molar-refractivity contribution < 1.29 is 19.0 Å². The fourth-order valence-electron chi connectivity index (χ4n) is 1.38. The van der Waals surface area contributed by atoms with Crippen LogP contribution in [0.4, 0.5) is 0 Å². The van der Waals surface area contributed by atoms with Gasteiger partial charge in [0.2, 0.25) is 6.54 Å². The predicted molar refractivity (Wildman–Crippen MR) is 46.4 cm³/mol. The number of carbonyl (C=O) groups excluding carboxylic acids is 1. The van der Waals surface area contributed by atoms with Crippen LogP contribution in [0.15, 0.2) is 23.9 Å². The van der Waals surface area contributed by atoms with Crippen molar-refractivity contribution in [3.05, 3.63) is 28.8 Å². The van der Waals surface area contributed by atoms with Crippen LogP contribution in [0.1, 0.15) is 0 Å². The molecule has 0 amide bonds. The number of esters is 1. The predicted octanol–water partition coefficient (Wildman–Crippen LogP) is 0.159. The highest BCUT2D eigenvalue weighted by Gasteiger charge is 2.54. The van der Waals surface area contributed by atoms with Crippen molar-refractivity contribution in [3.8, 4) is 0 Å². The molecule has 0 N–H and O–H groups in total. The summed E-state index contributed by atoms with van der Waals surface area (Å²) in [5, 5.41) is 0. The van der Waals surface area contributed by atoms with Gasteiger partial charge < -0.3 is 9.47 Å². The summed E-state index contributed by atoms with van der Waals surface area (Å²) in [6, 6.07) is 0. The molecule has 14 heavy (non-hydrogen) atoms. The molecule has 0 aromatic carbocycles. The highest BCUT2D eigenvalue weighted by Crippen LogP contribution is 2.31. The number of nitrogens with zero attached hydrogens (tertiary/aromatic N) is 1. The first-order valence-corrected chi connectivity index (χ1v) is 4.28. The van der Waals surface area contributed by atoms with Crippen molar-refractivity contribution in [1.29, 1.82) is 0 Å². The third-order valence-electron chi connectivity index (χ3n) is 2.18. The second kappa shape index (κ2) is 3.34. The summed E-state index contributed by atoms with van der Waals surface area (Å²) in [4.78, 5) is 22.3. The van der Waals surface area contributed by atoms with Gasteiger partial charge in [0, 0.05) is 15.7 Å². The van der Waals surface area contributed by atoms with Crippen molar-refractivity contribution in [2.45, 2.75) is 12.2 Å². The lowest BCUT2D eigenvalue weighted by atomic mass is 10.2. The third kappa shape index (κ3) is 1.46. The second-order valence-corrected chi connectivity index (χ2v) is 3.08. The van der Waals surface area contributed by atoms with E-state index in [4.69, 9.17) is 4.74 Å². The first kappa shape index (κ1) is 9.08. The lowest BCUT2D eigenvalue weighted by Crippen LogP contribution is -2.19. The van der Waals surface area contributed by atoms with Gasteiger partial charge in [-0.05, 0) is 6.08 Å². The summed E-state index contributed by atoms with van der Waals surface area (Å²) >= 11 is 0. The number of carbonyl (C=O) groups is 1. The van der Waals surface area contributed by atoms with Gasteiger partial charge in [0.1, 0.15) is 0 Å². The molecule has 0 bridgehead atoms. The zero-order chi connectivity index (χ0) is 10.1. The minimum absolute atomic E-state index is 0.305. The monoisotopic (exact) mass is 196 g/mol. The Hall–Kier alpha value is -1.49. The summed E-state index contributed by atoms with van der Waals surface area (Å²) in [5.41, 5.74) is 0.489. The summed E-state index contributed by atoms with van der Waals surface area (Å²) in [6.45, 7) is 0.305. The van der Waals surface area contributed by atoms with Crippen LogP contribution in [-0.4, -0.2) is 36.6 Å². The molecule has 0 radical (unpaired) electrons. The molecule has 5 nitrogen and oxygen atoms in total. The Morgan fingerprint density at radius 3 is 3.14 bits per heavy atom. The Morgan fingerprint density at radius 1 is 1.71 bits per heavy atom. The zero-order valence-electron chi connectivity index (χ0n) is 7.67. The third-order valence-corrected chi connectivity index (χ3v) is 2.18. The van der Waals surface area contributed by atoms with E-state index in [1.807, 2.05) is 0 Å². The highest BCUT2D eigenvalue weighted by molar-refractivity contribution is 5.78. The molecular weight excluding hydrogens is 186 g/mol. The van der Waals surface area contributed by atoms with E-state index in [0.717, 1.165) is 4.76 Å². The van der Waals surface area contributed by atoms with Gasteiger partial charge >= 0.3 is 5.97 Å². The number of methoxy groups -OCH3 is 1. The van der Waals surface area contributed by atoms with Crippen molar-refractivity contribution in [1.82, 2.24) is 0 Å². The molecule has 0 aromatic heterocycles. The smallest absolute Gasteiger partial charge is 0.338 e. The van der Waals surface area contributed by atoms with Gasteiger partial charge in [0.15, 0.2) is 12.2 Å². The summed E-state index contributed by atoms with van der Waals surface area (Å²) < 4.78 is 10.4. The van der Waals surface area contributed by atoms with Crippen LogP contribution in [0.2, 0.25) is 0 Å². The van der Waals surface area contributed by atoms with Crippen LogP contribution in [0.5, 0.6) is 0 Å². The number of hydrogen-bond donors (Lipinski definition) is 0. The fraction of sp³-hybridized carbons (Fsp3) is 0.444. The van der Waals surface area contributed by atoms with E-state index in [1.54, 1.807) is 18.2 Å². The van der Waals surface area contributed by atoms with Crippen LogP contribution in [0.25, 0.3) is 0 Å². The van der Waals surface area contributed by atoms with Gasteiger partial charge in [0.25, 0.3) is 5.70 Å². The van der Waals surface area contributed by atoms with E-state index in [1.165, 1.54) is 7.11 Å². The maximum absolute atomic E-state index is 11.3. The SMILES string of the molecule is COC(=O)C1OC1C1=CC=CC[N+]1=O. The normalized spacial score (nSPS) is 29.8. The quantitative estimate of drug-likeness (QED) is 0.358. The Labute approximate surface area is 80.6 Å². The molecule has 1 fully saturated rings. The Morgan fingerprint density at radius 2 is 2.50 bits per heavy atom. The molecule has 2 aliphatic heterocycles. The molecule has 2 heterocycles. The lowest BCUT2D eigenvalue weighted by molar-refractivity contribution is -0.493. The van der Waals surface area contributed by atoms with E-state index in [-0.39, 0.29) is 0 Å². The Balaban J connectivity index is 2.05. The summed E-state index contributed by atoms with van der Waals surface area (Å²) in [5.74, 6) is -0.432. The van der Waals surface area contributed by atoms with Gasteiger partial charge in [0.05, 0.1) is 7.11 Å². The number of hydrogen-bond acceptors (Lipinski definition) is 4. The molecule has 2 aliphatic rings. The van der Waals surface area contributed by atoms with Crippen molar-refractivity contribution in [2.24, 2.45) is 0 Å². The van der Waals surface area contributed by atoms with Crippen LogP contribution < -0.4 is 0 Å². The molecule has 0 spiro atoms. The zero-order valence-corrected chi connectivity index (χ0v) is 7.67. The molecule has 2 rings (SSSR count). The number of allylic oxidation sites excluding steroid dienone is 2. The van der Waals surface area contributed by atoms with E-state index < -0.39 is 18.2 Å². The number of epoxide rings is 1. The van der Waals surface area contributed by atoms with Crippen LogP contribution in [-0.2, 0) is 14.3 Å². The summed E-state index contributed by atoms with van der Waals surface area (Å²) in [7, 11) is 1.30. The average Bonchev–Trinajstić information content (AvgIpc) is 2.97. The number of nitroso groups, excluding NO2 is 1. The number of ether oxygens (including phenoxy) is 2. The Kier molecular flexibility index (Phi) is 2.17. The molecule has 2 atom stereocenters. The van der Waals surface area contributed by atoms with Crippen LogP contribution in [0.3, 0.4) is 0 Å². The maximum Gasteiger partial charge on any atom is 0.338 e. The van der Waals surface area contributed by atoms with Crippen molar-refractivity contribution in [3.63, 3.8) is 0 Å². The first-order valence-electron chi connectivity index (χ1n) is 4.28. The maximum atomic E-state index is 11.3. The van der Waals surface area contributed by atoms with Gasteiger partial charge in [-0.2, -0.15) is 0 Å². The van der Waals surface area contributed by atoms with Crippen LogP contribution in [0, 0.1) is 4.91 Å². The van der Waals surface area contributed by atoms with Gasteiger partial charge in [-0.25, -0.2) is 4.79 Å². The van der Waals surface area contributed by atoms with E-state index in [9.17, 15) is 9.70 Å². The minimum Gasteiger partial charge on any atom is -0.467 e. The number of rotatable bonds is 2.